The first-order valence-electron chi connectivity index (χ1n) is 2.29. The van der Waals surface area contributed by atoms with Gasteiger partial charge in [-0.3, -0.25) is 4.55 Å². The maximum absolute atomic E-state index is 12.0. The molecule has 13 heavy (non-hydrogen) atoms. The molecule has 0 bridgehead atoms. The summed E-state index contributed by atoms with van der Waals surface area (Å²) in [6.45, 7) is 0. The number of rotatable bonds is 3. The van der Waals surface area contributed by atoms with Crippen LogP contribution in [-0.2, 0) is 30.7 Å². The molecule has 0 rings (SSSR count). The van der Waals surface area contributed by atoms with Crippen LogP contribution in [0.1, 0.15) is 0 Å². The molecule has 0 aliphatic rings. The summed E-state index contributed by atoms with van der Waals surface area (Å²) in [5.41, 5.74) is 0. The van der Waals surface area contributed by atoms with E-state index in [1.54, 1.807) is 0 Å². The maximum atomic E-state index is 12.0. The minimum atomic E-state index is -6.07. The molecule has 0 saturated carbocycles. The highest BCUT2D eigenvalue weighted by molar-refractivity contribution is 8.14. The van der Waals surface area contributed by atoms with Crippen LogP contribution in [0.15, 0.2) is 0 Å². The molecule has 0 aromatic carbocycles. The topological polar surface area (TPSA) is 126 Å². The molecule has 0 atom stereocenters. The van der Waals surface area contributed by atoms with Crippen LogP contribution >= 0.6 is 0 Å². The predicted molar refractivity (Wildman–Crippen MR) is 38.3 cm³/mol. The van der Waals surface area contributed by atoms with Crippen molar-refractivity contribution in [3.8, 4) is 0 Å². The Hall–Kier alpha value is -0.300. The molecule has 0 spiro atoms. The van der Waals surface area contributed by atoms with E-state index in [-0.39, 0.29) is 6.26 Å². The van der Waals surface area contributed by atoms with Crippen LogP contribution in [0.4, 0.5) is 3.89 Å². The Morgan fingerprint density at radius 2 is 1.38 bits per heavy atom. The van der Waals surface area contributed by atoms with E-state index in [2.05, 4.69) is 0 Å². The van der Waals surface area contributed by atoms with E-state index >= 15 is 0 Å². The van der Waals surface area contributed by atoms with Crippen LogP contribution in [0.25, 0.3) is 0 Å². The summed E-state index contributed by atoms with van der Waals surface area (Å²) in [5, 5.41) is 0. The van der Waals surface area contributed by atoms with Crippen molar-refractivity contribution in [1.82, 2.24) is 3.12 Å². The molecule has 0 saturated heterocycles. The number of halogens is 1. The minimum absolute atomic E-state index is 0.0951. The lowest BCUT2D eigenvalue weighted by molar-refractivity contribution is 0.443. The Morgan fingerprint density at radius 1 is 1.08 bits per heavy atom. The minimum Gasteiger partial charge on any atom is -0.272 e. The molecule has 0 aliphatic heterocycles. The Morgan fingerprint density at radius 3 is 1.38 bits per heavy atom. The van der Waals surface area contributed by atoms with Gasteiger partial charge in [-0.25, -0.2) is 8.42 Å². The molecule has 1 N–H and O–H groups in total. The van der Waals surface area contributed by atoms with Crippen molar-refractivity contribution >= 4 is 30.7 Å². The van der Waals surface area contributed by atoms with Crippen molar-refractivity contribution in [2.24, 2.45) is 0 Å². The second-order valence-electron chi connectivity index (χ2n) is 1.82. The Bertz CT molecular complexity index is 406. The first kappa shape index (κ1) is 12.7. The highest BCUT2D eigenvalue weighted by atomic mass is 32.4. The Kier molecular flexibility index (Phi) is 3.05. The van der Waals surface area contributed by atoms with Gasteiger partial charge in [-0.05, 0) is 0 Å². The molecule has 0 aliphatic carbocycles. The fourth-order valence-corrected chi connectivity index (χ4v) is 4.01. The summed E-state index contributed by atoms with van der Waals surface area (Å²) in [6, 6.07) is 0. The molecule has 0 amide bonds. The van der Waals surface area contributed by atoms with E-state index < -0.39 is 33.9 Å². The van der Waals surface area contributed by atoms with E-state index in [1.165, 1.54) is 0 Å². The van der Waals surface area contributed by atoms with E-state index in [0.717, 1.165) is 0 Å². The smallest absolute Gasteiger partial charge is 0.272 e. The molecule has 80 valence electrons. The van der Waals surface area contributed by atoms with Gasteiger partial charge in [-0.1, -0.05) is 3.89 Å². The van der Waals surface area contributed by atoms with Gasteiger partial charge in [0.25, 0.3) is 0 Å². The van der Waals surface area contributed by atoms with Gasteiger partial charge in [-0.2, -0.15) is 16.8 Å². The van der Waals surface area contributed by atoms with Crippen molar-refractivity contribution in [1.29, 1.82) is 0 Å². The van der Waals surface area contributed by atoms with E-state index in [4.69, 9.17) is 4.55 Å². The van der Waals surface area contributed by atoms with Crippen molar-refractivity contribution in [3.05, 3.63) is 0 Å². The summed E-state index contributed by atoms with van der Waals surface area (Å²) < 4.78 is 79.4. The van der Waals surface area contributed by atoms with E-state index in [1.807, 2.05) is 0 Å². The lowest BCUT2D eigenvalue weighted by Gasteiger charge is -2.09. The largest absolute Gasteiger partial charge is 0.403 e. The lowest BCUT2D eigenvalue weighted by atomic mass is 12.0. The SMILES string of the molecule is CS(=O)(=O)N(S(=O)(=O)O)S(=O)(=O)F. The number of hydrogen-bond donors (Lipinski definition) is 1. The monoisotopic (exact) mass is 257 g/mol. The van der Waals surface area contributed by atoms with Crippen molar-refractivity contribution < 1.29 is 33.7 Å². The van der Waals surface area contributed by atoms with Crippen LogP contribution in [0.3, 0.4) is 0 Å². The number of sulfonamides is 1. The molecular formula is CH4FNO7S3. The highest BCUT2D eigenvalue weighted by Crippen LogP contribution is 2.13. The summed E-state index contributed by atoms with van der Waals surface area (Å²) in [7, 11) is -16.7. The molecule has 0 unspecified atom stereocenters. The number of nitrogens with zero attached hydrogens (tertiary/aromatic N) is 1. The zero-order valence-electron chi connectivity index (χ0n) is 5.95. The predicted octanol–water partition coefficient (Wildman–Crippen LogP) is -1.73. The van der Waals surface area contributed by atoms with Crippen LogP contribution in [0, 0.1) is 0 Å². The fourth-order valence-electron chi connectivity index (χ4n) is 0.445. The second-order valence-corrected chi connectivity index (χ2v) is 6.79. The van der Waals surface area contributed by atoms with Gasteiger partial charge in [-0.15, -0.1) is 0 Å². The first-order valence-corrected chi connectivity index (χ1v) is 6.88. The van der Waals surface area contributed by atoms with Gasteiger partial charge in [0.15, 0.2) is 0 Å². The quantitative estimate of drug-likeness (QED) is 0.470. The van der Waals surface area contributed by atoms with E-state index in [9.17, 15) is 29.1 Å². The van der Waals surface area contributed by atoms with Gasteiger partial charge in [0.05, 0.1) is 9.37 Å². The molecule has 0 fully saturated rings. The maximum Gasteiger partial charge on any atom is 0.403 e. The Balaban J connectivity index is 5.87. The molecule has 12 heteroatoms. The van der Waals surface area contributed by atoms with Gasteiger partial charge in [0, 0.05) is 0 Å². The normalized spacial score (nSPS) is 14.8. The van der Waals surface area contributed by atoms with Crippen LogP contribution in [0.2, 0.25) is 0 Å². The Labute approximate surface area is 74.2 Å². The molecule has 0 aromatic heterocycles. The summed E-state index contributed by atoms with van der Waals surface area (Å²) in [4.78, 5) is 0. The van der Waals surface area contributed by atoms with Crippen molar-refractivity contribution in [2.75, 3.05) is 6.26 Å². The zero-order valence-corrected chi connectivity index (χ0v) is 8.40. The van der Waals surface area contributed by atoms with Crippen molar-refractivity contribution in [2.45, 2.75) is 0 Å². The molecular weight excluding hydrogens is 253 g/mol. The third-order valence-corrected chi connectivity index (χ3v) is 5.74. The van der Waals surface area contributed by atoms with Crippen LogP contribution < -0.4 is 0 Å². The summed E-state index contributed by atoms with van der Waals surface area (Å²) >= 11 is 0. The average molecular weight is 257 g/mol. The van der Waals surface area contributed by atoms with Crippen LogP contribution in [0.5, 0.6) is 0 Å². The fraction of sp³-hybridized carbons (Fsp3) is 1.00. The second kappa shape index (κ2) is 3.13. The van der Waals surface area contributed by atoms with E-state index in [0.29, 0.717) is 0 Å². The van der Waals surface area contributed by atoms with Gasteiger partial charge >= 0.3 is 20.7 Å². The zero-order chi connectivity index (χ0) is 11.1. The first-order chi connectivity index (χ1) is 5.37. The average Bonchev–Trinajstić information content (AvgIpc) is 1.44. The van der Waals surface area contributed by atoms with Crippen LogP contribution in [-0.4, -0.2) is 39.2 Å². The standard InChI is InChI=1S/CH4FNO7S3/c1-11(4,5)3(12(2,6)7)13(8,9)10/h1H3,(H,8,9,10). The molecule has 0 radical (unpaired) electrons. The molecule has 8 nitrogen and oxygen atoms in total. The van der Waals surface area contributed by atoms with Crippen molar-refractivity contribution in [3.63, 3.8) is 0 Å². The third-order valence-electron chi connectivity index (χ3n) is 0.637. The van der Waals surface area contributed by atoms with Gasteiger partial charge in [0.1, 0.15) is 0 Å². The van der Waals surface area contributed by atoms with Gasteiger partial charge in [0.2, 0.25) is 10.0 Å². The summed E-state index contributed by atoms with van der Waals surface area (Å²) in [5.74, 6) is 0. The summed E-state index contributed by atoms with van der Waals surface area (Å²) in [6.07, 6.45) is 0.0951. The highest BCUT2D eigenvalue weighted by Gasteiger charge is 2.41. The van der Waals surface area contributed by atoms with Gasteiger partial charge < -0.3 is 0 Å². The number of hydrogen-bond acceptors (Lipinski definition) is 6. The lowest BCUT2D eigenvalue weighted by Crippen LogP contribution is -2.38. The third kappa shape index (κ3) is 3.51. The molecule has 0 aromatic rings. The molecule has 0 heterocycles.